The van der Waals surface area contributed by atoms with Crippen LogP contribution in [0, 0.1) is 5.92 Å². The van der Waals surface area contributed by atoms with E-state index in [0.717, 1.165) is 51.9 Å². The minimum absolute atomic E-state index is 0.0263. The number of carbonyl (C=O) groups excluding carboxylic acids is 2. The van der Waals surface area contributed by atoms with Gasteiger partial charge in [0.25, 0.3) is 0 Å². The van der Waals surface area contributed by atoms with Crippen molar-refractivity contribution in [2.24, 2.45) is 5.92 Å². The number of hydrogen-bond acceptors (Lipinski definition) is 3. The molecule has 1 amide bonds. The molecule has 0 aromatic rings. The van der Waals surface area contributed by atoms with Crippen molar-refractivity contribution in [1.29, 1.82) is 0 Å². The van der Waals surface area contributed by atoms with E-state index in [2.05, 4.69) is 5.32 Å². The molecule has 0 unspecified atom stereocenters. The van der Waals surface area contributed by atoms with Crippen LogP contribution in [0.1, 0.15) is 32.1 Å². The van der Waals surface area contributed by atoms with Gasteiger partial charge in [0.1, 0.15) is 5.78 Å². The first-order valence-corrected chi connectivity index (χ1v) is 6.28. The van der Waals surface area contributed by atoms with E-state index >= 15 is 0 Å². The molecule has 0 bridgehead atoms. The van der Waals surface area contributed by atoms with Crippen LogP contribution in [0.4, 0.5) is 0 Å². The van der Waals surface area contributed by atoms with Crippen LogP contribution in [0.15, 0.2) is 0 Å². The zero-order valence-electron chi connectivity index (χ0n) is 9.71. The van der Waals surface area contributed by atoms with Gasteiger partial charge in [0.15, 0.2) is 0 Å². The lowest BCUT2D eigenvalue weighted by Gasteiger charge is -2.27. The molecule has 0 radical (unpaired) electrons. The standard InChI is InChI=1S/C12H20N2O2/c15-11(10-3-1-2-4-10)9-12(16)14-7-5-13-6-8-14/h10,13H,1-9H2. The second kappa shape index (κ2) is 5.43. The number of carbonyl (C=O) groups is 2. The van der Waals surface area contributed by atoms with Gasteiger partial charge < -0.3 is 10.2 Å². The van der Waals surface area contributed by atoms with Crippen LogP contribution in [0.3, 0.4) is 0 Å². The van der Waals surface area contributed by atoms with Gasteiger partial charge in [-0.2, -0.15) is 0 Å². The van der Waals surface area contributed by atoms with Crippen LogP contribution in [-0.4, -0.2) is 42.8 Å². The van der Waals surface area contributed by atoms with Gasteiger partial charge >= 0.3 is 0 Å². The molecule has 1 N–H and O–H groups in total. The van der Waals surface area contributed by atoms with E-state index in [9.17, 15) is 9.59 Å². The minimum atomic E-state index is 0.0263. The lowest BCUT2D eigenvalue weighted by atomic mass is 9.99. The molecule has 2 rings (SSSR count). The smallest absolute Gasteiger partial charge is 0.230 e. The Hall–Kier alpha value is -0.900. The summed E-state index contributed by atoms with van der Waals surface area (Å²) in [6.07, 6.45) is 4.42. The van der Waals surface area contributed by atoms with Gasteiger partial charge in [0.05, 0.1) is 6.42 Å². The maximum Gasteiger partial charge on any atom is 0.230 e. The van der Waals surface area contributed by atoms with E-state index < -0.39 is 0 Å². The summed E-state index contributed by atoms with van der Waals surface area (Å²) in [6, 6.07) is 0. The quantitative estimate of drug-likeness (QED) is 0.713. The van der Waals surface area contributed by atoms with Crippen LogP contribution in [0.5, 0.6) is 0 Å². The van der Waals surface area contributed by atoms with Crippen molar-refractivity contribution in [1.82, 2.24) is 10.2 Å². The topological polar surface area (TPSA) is 49.4 Å². The first kappa shape index (κ1) is 11.6. The largest absolute Gasteiger partial charge is 0.340 e. The summed E-state index contributed by atoms with van der Waals surface area (Å²) in [5, 5.41) is 3.20. The normalized spacial score (nSPS) is 22.4. The Morgan fingerprint density at radius 1 is 1.12 bits per heavy atom. The Labute approximate surface area is 96.4 Å². The van der Waals surface area contributed by atoms with Crippen molar-refractivity contribution in [2.75, 3.05) is 26.2 Å². The number of hydrogen-bond donors (Lipinski definition) is 1. The first-order chi connectivity index (χ1) is 7.77. The fourth-order valence-electron chi connectivity index (χ4n) is 2.57. The monoisotopic (exact) mass is 224 g/mol. The summed E-state index contributed by atoms with van der Waals surface area (Å²) in [7, 11) is 0. The molecule has 4 heteroatoms. The SMILES string of the molecule is O=C(CC(=O)N1CCNCC1)C1CCCC1. The third kappa shape index (κ3) is 2.82. The van der Waals surface area contributed by atoms with Gasteiger partial charge in [-0.05, 0) is 12.8 Å². The first-order valence-electron chi connectivity index (χ1n) is 6.28. The van der Waals surface area contributed by atoms with Crippen molar-refractivity contribution in [3.63, 3.8) is 0 Å². The summed E-state index contributed by atoms with van der Waals surface area (Å²) in [6.45, 7) is 3.19. The molecule has 0 atom stereocenters. The molecule has 0 spiro atoms. The summed E-state index contributed by atoms with van der Waals surface area (Å²) in [5.41, 5.74) is 0. The van der Waals surface area contributed by atoms with E-state index in [-0.39, 0.29) is 24.0 Å². The molecular formula is C12H20N2O2. The van der Waals surface area contributed by atoms with Gasteiger partial charge in [-0.15, -0.1) is 0 Å². The summed E-state index contributed by atoms with van der Waals surface area (Å²) in [5.74, 6) is 0.367. The maximum atomic E-state index is 11.8. The number of rotatable bonds is 3. The van der Waals surface area contributed by atoms with Gasteiger partial charge in [-0.1, -0.05) is 12.8 Å². The van der Waals surface area contributed by atoms with Crippen LogP contribution in [0.25, 0.3) is 0 Å². The molecule has 90 valence electrons. The average molecular weight is 224 g/mol. The second-order valence-corrected chi connectivity index (χ2v) is 4.76. The second-order valence-electron chi connectivity index (χ2n) is 4.76. The number of nitrogens with zero attached hydrogens (tertiary/aromatic N) is 1. The number of amides is 1. The number of piperazine rings is 1. The molecule has 1 saturated carbocycles. The van der Waals surface area contributed by atoms with Gasteiger partial charge in [-0.25, -0.2) is 0 Å². The van der Waals surface area contributed by atoms with E-state index in [0.29, 0.717) is 0 Å². The Bertz CT molecular complexity index is 266. The lowest BCUT2D eigenvalue weighted by Crippen LogP contribution is -2.47. The highest BCUT2D eigenvalue weighted by Crippen LogP contribution is 2.26. The lowest BCUT2D eigenvalue weighted by molar-refractivity contribution is -0.137. The molecule has 1 heterocycles. The third-order valence-electron chi connectivity index (χ3n) is 3.61. The summed E-state index contributed by atoms with van der Waals surface area (Å²) < 4.78 is 0. The fourth-order valence-corrected chi connectivity index (χ4v) is 2.57. The van der Waals surface area contributed by atoms with E-state index in [4.69, 9.17) is 0 Å². The van der Waals surface area contributed by atoms with Gasteiger partial charge in [0, 0.05) is 32.1 Å². The highest BCUT2D eigenvalue weighted by Gasteiger charge is 2.26. The molecular weight excluding hydrogens is 204 g/mol. The van der Waals surface area contributed by atoms with Crippen LogP contribution >= 0.6 is 0 Å². The van der Waals surface area contributed by atoms with Crippen molar-refractivity contribution in [3.8, 4) is 0 Å². The summed E-state index contributed by atoms with van der Waals surface area (Å²) in [4.78, 5) is 25.5. The van der Waals surface area contributed by atoms with Crippen LogP contribution in [0.2, 0.25) is 0 Å². The zero-order chi connectivity index (χ0) is 11.4. The zero-order valence-corrected chi connectivity index (χ0v) is 9.71. The minimum Gasteiger partial charge on any atom is -0.340 e. The highest BCUT2D eigenvalue weighted by molar-refractivity contribution is 5.99. The van der Waals surface area contributed by atoms with Crippen LogP contribution < -0.4 is 5.32 Å². The van der Waals surface area contributed by atoms with Crippen molar-refractivity contribution >= 4 is 11.7 Å². The van der Waals surface area contributed by atoms with Crippen LogP contribution in [-0.2, 0) is 9.59 Å². The molecule has 2 fully saturated rings. The van der Waals surface area contributed by atoms with Gasteiger partial charge in [-0.3, -0.25) is 9.59 Å². The highest BCUT2D eigenvalue weighted by atomic mass is 16.2. The molecule has 1 saturated heterocycles. The van der Waals surface area contributed by atoms with E-state index in [1.165, 1.54) is 0 Å². The predicted molar refractivity (Wildman–Crippen MR) is 61.0 cm³/mol. The Morgan fingerprint density at radius 2 is 1.75 bits per heavy atom. The maximum absolute atomic E-state index is 11.8. The molecule has 0 aromatic carbocycles. The Balaban J connectivity index is 1.79. The molecule has 2 aliphatic rings. The Morgan fingerprint density at radius 3 is 2.38 bits per heavy atom. The van der Waals surface area contributed by atoms with Crippen molar-refractivity contribution < 1.29 is 9.59 Å². The van der Waals surface area contributed by atoms with Crippen molar-refractivity contribution in [2.45, 2.75) is 32.1 Å². The predicted octanol–water partition coefficient (Wildman–Crippen LogP) is 0.568. The number of Topliss-reactive ketones (excluding diaryl/α,β-unsaturated/α-hetero) is 1. The fraction of sp³-hybridized carbons (Fsp3) is 0.833. The summed E-state index contributed by atoms with van der Waals surface area (Å²) >= 11 is 0. The molecule has 1 aliphatic heterocycles. The van der Waals surface area contributed by atoms with E-state index in [1.54, 1.807) is 0 Å². The molecule has 1 aliphatic carbocycles. The number of ketones is 1. The van der Waals surface area contributed by atoms with Crippen molar-refractivity contribution in [3.05, 3.63) is 0 Å². The van der Waals surface area contributed by atoms with E-state index in [1.807, 2.05) is 4.90 Å². The average Bonchev–Trinajstić information content (AvgIpc) is 2.83. The molecule has 0 aromatic heterocycles. The molecule has 16 heavy (non-hydrogen) atoms. The number of nitrogens with one attached hydrogen (secondary N) is 1. The molecule has 4 nitrogen and oxygen atoms in total. The van der Waals surface area contributed by atoms with Gasteiger partial charge in [0.2, 0.25) is 5.91 Å². The third-order valence-corrected chi connectivity index (χ3v) is 3.61. The Kier molecular flexibility index (Phi) is 3.93.